The van der Waals surface area contributed by atoms with Gasteiger partial charge in [-0.2, -0.15) is 11.8 Å². The van der Waals surface area contributed by atoms with E-state index in [1.807, 2.05) is 13.2 Å². The van der Waals surface area contributed by atoms with Crippen molar-refractivity contribution >= 4 is 23.4 Å². The van der Waals surface area contributed by atoms with Crippen LogP contribution in [0, 0.1) is 11.6 Å². The third kappa shape index (κ3) is 3.87. The van der Waals surface area contributed by atoms with Crippen molar-refractivity contribution in [3.8, 4) is 0 Å². The Morgan fingerprint density at radius 3 is 2.50 bits per heavy atom. The fourth-order valence-electron chi connectivity index (χ4n) is 1.39. The first-order valence-electron chi connectivity index (χ1n) is 5.50. The second-order valence-electron chi connectivity index (χ2n) is 4.01. The molecule has 0 radical (unpaired) electrons. The van der Waals surface area contributed by atoms with Crippen LogP contribution in [0.3, 0.4) is 0 Å². The van der Waals surface area contributed by atoms with Crippen molar-refractivity contribution in [3.05, 3.63) is 29.3 Å². The van der Waals surface area contributed by atoms with Crippen LogP contribution in [0.4, 0.5) is 14.5 Å². The van der Waals surface area contributed by atoms with Crippen LogP contribution in [-0.4, -0.2) is 24.0 Å². The summed E-state index contributed by atoms with van der Waals surface area (Å²) in [4.78, 5) is 11.7. The maximum atomic E-state index is 13.2. The molecule has 1 aromatic carbocycles. The van der Waals surface area contributed by atoms with Crippen molar-refractivity contribution in [2.24, 2.45) is 0 Å². The van der Waals surface area contributed by atoms with Crippen molar-refractivity contribution < 1.29 is 13.6 Å². The fourth-order valence-corrected chi connectivity index (χ4v) is 1.98. The molecule has 3 nitrogen and oxygen atoms in total. The van der Waals surface area contributed by atoms with Gasteiger partial charge in [0.25, 0.3) is 5.91 Å². The lowest BCUT2D eigenvalue weighted by atomic mass is 10.1. The lowest BCUT2D eigenvalue weighted by Crippen LogP contribution is -2.33. The van der Waals surface area contributed by atoms with Gasteiger partial charge in [0, 0.05) is 11.6 Å². The number of rotatable bonds is 5. The molecule has 18 heavy (non-hydrogen) atoms. The number of nitrogen functional groups attached to an aromatic ring is 1. The summed E-state index contributed by atoms with van der Waals surface area (Å²) >= 11 is 1.67. The van der Waals surface area contributed by atoms with Gasteiger partial charge in [0.05, 0.1) is 0 Å². The zero-order valence-electron chi connectivity index (χ0n) is 10.3. The number of benzene rings is 1. The van der Waals surface area contributed by atoms with Gasteiger partial charge < -0.3 is 11.1 Å². The van der Waals surface area contributed by atoms with E-state index in [0.717, 1.165) is 24.3 Å². The number of carbonyl (C=O) groups is 1. The maximum Gasteiger partial charge on any atom is 0.251 e. The Hall–Kier alpha value is -1.30. The molecule has 0 spiro atoms. The highest BCUT2D eigenvalue weighted by Crippen LogP contribution is 2.17. The Balaban J connectivity index is 2.73. The van der Waals surface area contributed by atoms with Crippen LogP contribution in [0.5, 0.6) is 0 Å². The van der Waals surface area contributed by atoms with E-state index in [4.69, 9.17) is 5.73 Å². The normalized spacial score (nSPS) is 12.2. The summed E-state index contributed by atoms with van der Waals surface area (Å²) in [6.45, 7) is 1.85. The molecule has 1 aromatic rings. The molecule has 0 aromatic heterocycles. The molecule has 3 N–H and O–H groups in total. The topological polar surface area (TPSA) is 55.1 Å². The van der Waals surface area contributed by atoms with Crippen LogP contribution < -0.4 is 11.1 Å². The minimum Gasteiger partial charge on any atom is -0.394 e. The van der Waals surface area contributed by atoms with Crippen molar-refractivity contribution in [1.82, 2.24) is 5.32 Å². The second-order valence-corrected chi connectivity index (χ2v) is 5.00. The highest BCUT2D eigenvalue weighted by atomic mass is 32.2. The zero-order chi connectivity index (χ0) is 13.7. The van der Waals surface area contributed by atoms with E-state index in [-0.39, 0.29) is 11.6 Å². The number of amides is 1. The number of carbonyl (C=O) groups excluding carboxylic acids is 1. The van der Waals surface area contributed by atoms with Gasteiger partial charge >= 0.3 is 0 Å². The van der Waals surface area contributed by atoms with Gasteiger partial charge in [-0.15, -0.1) is 0 Å². The number of hydrogen-bond donors (Lipinski definition) is 2. The molecule has 6 heteroatoms. The van der Waals surface area contributed by atoms with Gasteiger partial charge in [0.15, 0.2) is 0 Å². The predicted octanol–water partition coefficient (Wildman–Crippen LogP) is 2.42. The van der Waals surface area contributed by atoms with E-state index in [9.17, 15) is 13.6 Å². The Kier molecular flexibility index (Phi) is 5.40. The second kappa shape index (κ2) is 6.58. The molecular weight excluding hydrogens is 258 g/mol. The molecule has 1 rings (SSSR count). The molecule has 1 unspecified atom stereocenters. The van der Waals surface area contributed by atoms with E-state index in [0.29, 0.717) is 0 Å². The molecule has 0 aliphatic heterocycles. The average Bonchev–Trinajstić information content (AvgIpc) is 2.32. The fraction of sp³-hybridized carbons (Fsp3) is 0.417. The number of nitrogens with two attached hydrogens (primary N) is 1. The van der Waals surface area contributed by atoms with E-state index >= 15 is 0 Å². The Morgan fingerprint density at radius 1 is 1.44 bits per heavy atom. The average molecular weight is 274 g/mol. The quantitative estimate of drug-likeness (QED) is 0.811. The van der Waals surface area contributed by atoms with Gasteiger partial charge in [-0.25, -0.2) is 8.78 Å². The van der Waals surface area contributed by atoms with Crippen molar-refractivity contribution in [1.29, 1.82) is 0 Å². The molecule has 0 saturated carbocycles. The highest BCUT2D eigenvalue weighted by molar-refractivity contribution is 7.98. The van der Waals surface area contributed by atoms with Crippen LogP contribution in [0.1, 0.15) is 23.7 Å². The van der Waals surface area contributed by atoms with E-state index in [1.165, 1.54) is 0 Å². The van der Waals surface area contributed by atoms with Gasteiger partial charge in [-0.05, 0) is 37.5 Å². The Morgan fingerprint density at radius 2 is 2.00 bits per heavy atom. The summed E-state index contributed by atoms with van der Waals surface area (Å²) in [6.07, 6.45) is 2.77. The molecule has 1 amide bonds. The predicted molar refractivity (Wildman–Crippen MR) is 70.7 cm³/mol. The van der Waals surface area contributed by atoms with Crippen molar-refractivity contribution in [2.45, 2.75) is 19.4 Å². The van der Waals surface area contributed by atoms with Gasteiger partial charge in [-0.1, -0.05) is 0 Å². The molecule has 0 aliphatic carbocycles. The van der Waals surface area contributed by atoms with Crippen LogP contribution in [-0.2, 0) is 0 Å². The SMILES string of the molecule is CSCCC(C)NC(=O)c1cc(F)c(N)c(F)c1. The summed E-state index contributed by atoms with van der Waals surface area (Å²) in [7, 11) is 0. The minimum atomic E-state index is -0.920. The summed E-state index contributed by atoms with van der Waals surface area (Å²) in [6, 6.07) is 1.83. The first-order chi connectivity index (χ1) is 8.45. The van der Waals surface area contributed by atoms with Gasteiger partial charge in [0.1, 0.15) is 17.3 Å². The number of thioether (sulfide) groups is 1. The molecule has 100 valence electrons. The third-order valence-electron chi connectivity index (χ3n) is 2.47. The van der Waals surface area contributed by atoms with E-state index < -0.39 is 23.2 Å². The number of anilines is 1. The molecule has 0 fully saturated rings. The number of nitrogens with one attached hydrogen (secondary N) is 1. The molecule has 0 heterocycles. The highest BCUT2D eigenvalue weighted by Gasteiger charge is 2.14. The monoisotopic (exact) mass is 274 g/mol. The van der Waals surface area contributed by atoms with Gasteiger partial charge in [-0.3, -0.25) is 4.79 Å². The summed E-state index contributed by atoms with van der Waals surface area (Å²) < 4.78 is 26.4. The molecule has 0 saturated heterocycles. The Bertz CT molecular complexity index is 417. The van der Waals surface area contributed by atoms with Crippen LogP contribution in [0.25, 0.3) is 0 Å². The first kappa shape index (κ1) is 14.8. The summed E-state index contributed by atoms with van der Waals surface area (Å²) in [5, 5.41) is 2.68. The van der Waals surface area contributed by atoms with Crippen LogP contribution >= 0.6 is 11.8 Å². The molecule has 0 aliphatic rings. The van der Waals surface area contributed by atoms with Crippen LogP contribution in [0.15, 0.2) is 12.1 Å². The molecule has 1 atom stereocenters. The van der Waals surface area contributed by atoms with Gasteiger partial charge in [0.2, 0.25) is 0 Å². The zero-order valence-corrected chi connectivity index (χ0v) is 11.1. The number of halogens is 2. The number of hydrogen-bond acceptors (Lipinski definition) is 3. The summed E-state index contributed by atoms with van der Waals surface area (Å²) in [5.41, 5.74) is 4.51. The standard InChI is InChI=1S/C12H16F2N2OS/c1-7(3-4-18-2)16-12(17)8-5-9(13)11(15)10(14)6-8/h5-7H,3-4,15H2,1-2H3,(H,16,17). The van der Waals surface area contributed by atoms with Crippen molar-refractivity contribution in [2.75, 3.05) is 17.7 Å². The first-order valence-corrected chi connectivity index (χ1v) is 6.89. The third-order valence-corrected chi connectivity index (χ3v) is 3.12. The maximum absolute atomic E-state index is 13.2. The van der Waals surface area contributed by atoms with Crippen molar-refractivity contribution in [3.63, 3.8) is 0 Å². The molecular formula is C12H16F2N2OS. The Labute approximate surface area is 109 Å². The van der Waals surface area contributed by atoms with Crippen LogP contribution in [0.2, 0.25) is 0 Å². The van der Waals surface area contributed by atoms with E-state index in [1.54, 1.807) is 11.8 Å². The lowest BCUT2D eigenvalue weighted by molar-refractivity contribution is 0.0938. The molecule has 0 bridgehead atoms. The smallest absolute Gasteiger partial charge is 0.251 e. The van der Waals surface area contributed by atoms with E-state index in [2.05, 4.69) is 5.32 Å². The minimum absolute atomic E-state index is 0.0476. The largest absolute Gasteiger partial charge is 0.394 e. The summed E-state index contributed by atoms with van der Waals surface area (Å²) in [5.74, 6) is -1.43. The lowest BCUT2D eigenvalue weighted by Gasteiger charge is -2.13.